The molecule has 1 rings (SSSR count). The molecule has 0 saturated heterocycles. The van der Waals surface area contributed by atoms with Crippen LogP contribution in [0, 0.1) is 6.92 Å². The molecule has 0 aromatic carbocycles. The predicted molar refractivity (Wildman–Crippen MR) is 66.4 cm³/mol. The molecular formula is C13H22N2O. The minimum Gasteiger partial charge on any atom is -0.382 e. The maximum absolute atomic E-state index is 5.28. The number of ether oxygens (including phenoxy) is 1. The summed E-state index contributed by atoms with van der Waals surface area (Å²) in [6.45, 7) is 7.72. The van der Waals surface area contributed by atoms with Crippen molar-refractivity contribution in [2.45, 2.75) is 33.2 Å². The fourth-order valence-corrected chi connectivity index (χ4v) is 1.51. The van der Waals surface area contributed by atoms with Gasteiger partial charge in [0, 0.05) is 26.0 Å². The third-order valence-electron chi connectivity index (χ3n) is 2.51. The standard InChI is InChI=1S/C13H22N2O/c1-3-16-10-5-4-8-14-11-13-12(2)7-6-9-15-13/h6-7,9,14H,3-5,8,10-11H2,1-2H3. The SMILES string of the molecule is CCOCCCCNCc1ncccc1C. The molecule has 0 aliphatic rings. The van der Waals surface area contributed by atoms with Crippen molar-refractivity contribution in [2.24, 2.45) is 0 Å². The van der Waals surface area contributed by atoms with Gasteiger partial charge < -0.3 is 10.1 Å². The zero-order valence-corrected chi connectivity index (χ0v) is 10.3. The average molecular weight is 222 g/mol. The zero-order valence-electron chi connectivity index (χ0n) is 10.3. The number of pyridine rings is 1. The number of hydrogen-bond acceptors (Lipinski definition) is 3. The summed E-state index contributed by atoms with van der Waals surface area (Å²) in [6.07, 6.45) is 4.13. The van der Waals surface area contributed by atoms with Crippen molar-refractivity contribution < 1.29 is 4.74 Å². The lowest BCUT2D eigenvalue weighted by atomic mass is 10.2. The summed E-state index contributed by atoms with van der Waals surface area (Å²) in [5.74, 6) is 0. The summed E-state index contributed by atoms with van der Waals surface area (Å²) < 4.78 is 5.28. The molecule has 3 heteroatoms. The Bertz CT molecular complexity index is 289. The summed E-state index contributed by atoms with van der Waals surface area (Å²) in [4.78, 5) is 4.34. The van der Waals surface area contributed by atoms with E-state index in [0.717, 1.165) is 44.8 Å². The van der Waals surface area contributed by atoms with Crippen LogP contribution < -0.4 is 5.32 Å². The minimum atomic E-state index is 0.820. The molecule has 1 aromatic rings. The van der Waals surface area contributed by atoms with Crippen molar-refractivity contribution in [1.29, 1.82) is 0 Å². The largest absolute Gasteiger partial charge is 0.382 e. The number of aryl methyl sites for hydroxylation is 1. The number of nitrogens with zero attached hydrogens (tertiary/aromatic N) is 1. The molecule has 0 unspecified atom stereocenters. The van der Waals surface area contributed by atoms with Gasteiger partial charge in [0.15, 0.2) is 0 Å². The van der Waals surface area contributed by atoms with Crippen LogP contribution in [-0.2, 0) is 11.3 Å². The average Bonchev–Trinajstić information content (AvgIpc) is 2.30. The summed E-state index contributed by atoms with van der Waals surface area (Å²) in [5, 5.41) is 3.40. The van der Waals surface area contributed by atoms with Crippen LogP contribution >= 0.6 is 0 Å². The molecule has 16 heavy (non-hydrogen) atoms. The molecule has 0 aliphatic carbocycles. The second-order valence-corrected chi connectivity index (χ2v) is 3.85. The van der Waals surface area contributed by atoms with Crippen molar-refractivity contribution in [3.63, 3.8) is 0 Å². The fourth-order valence-electron chi connectivity index (χ4n) is 1.51. The van der Waals surface area contributed by atoms with Gasteiger partial charge in [-0.05, 0) is 44.9 Å². The Kier molecular flexibility index (Phi) is 6.77. The summed E-state index contributed by atoms with van der Waals surface area (Å²) in [6, 6.07) is 4.07. The molecule has 1 N–H and O–H groups in total. The number of aromatic nitrogens is 1. The smallest absolute Gasteiger partial charge is 0.0570 e. The highest BCUT2D eigenvalue weighted by molar-refractivity contribution is 5.17. The van der Waals surface area contributed by atoms with Crippen molar-refractivity contribution in [3.8, 4) is 0 Å². The lowest BCUT2D eigenvalue weighted by Gasteiger charge is -2.06. The Hall–Kier alpha value is -0.930. The molecule has 0 fully saturated rings. The Morgan fingerprint density at radius 2 is 2.25 bits per heavy atom. The second kappa shape index (κ2) is 8.25. The van der Waals surface area contributed by atoms with E-state index in [1.807, 2.05) is 19.2 Å². The first-order chi connectivity index (χ1) is 7.84. The zero-order chi connectivity index (χ0) is 11.6. The van der Waals surface area contributed by atoms with Gasteiger partial charge >= 0.3 is 0 Å². The Morgan fingerprint density at radius 3 is 3.00 bits per heavy atom. The van der Waals surface area contributed by atoms with Gasteiger partial charge in [-0.3, -0.25) is 4.98 Å². The Labute approximate surface area is 98.2 Å². The highest BCUT2D eigenvalue weighted by Gasteiger charge is 1.97. The molecule has 0 saturated carbocycles. The van der Waals surface area contributed by atoms with E-state index in [1.165, 1.54) is 5.56 Å². The molecule has 0 radical (unpaired) electrons. The lowest BCUT2D eigenvalue weighted by Crippen LogP contribution is -2.16. The third kappa shape index (κ3) is 5.24. The summed E-state index contributed by atoms with van der Waals surface area (Å²) >= 11 is 0. The second-order valence-electron chi connectivity index (χ2n) is 3.85. The highest BCUT2D eigenvalue weighted by Crippen LogP contribution is 2.02. The molecule has 0 atom stereocenters. The monoisotopic (exact) mass is 222 g/mol. The number of unbranched alkanes of at least 4 members (excludes halogenated alkanes) is 1. The van der Waals surface area contributed by atoms with Crippen LogP contribution in [0.1, 0.15) is 31.0 Å². The van der Waals surface area contributed by atoms with Gasteiger partial charge in [-0.1, -0.05) is 6.07 Å². The van der Waals surface area contributed by atoms with E-state index >= 15 is 0 Å². The van der Waals surface area contributed by atoms with Crippen LogP contribution in [-0.4, -0.2) is 24.7 Å². The van der Waals surface area contributed by atoms with E-state index < -0.39 is 0 Å². The Morgan fingerprint density at radius 1 is 1.38 bits per heavy atom. The maximum atomic E-state index is 5.28. The van der Waals surface area contributed by atoms with Crippen molar-refractivity contribution in [1.82, 2.24) is 10.3 Å². The van der Waals surface area contributed by atoms with Crippen LogP contribution in [0.25, 0.3) is 0 Å². The third-order valence-corrected chi connectivity index (χ3v) is 2.51. The molecule has 0 aliphatic heterocycles. The number of nitrogens with one attached hydrogen (secondary N) is 1. The van der Waals surface area contributed by atoms with Crippen LogP contribution in [0.4, 0.5) is 0 Å². The molecular weight excluding hydrogens is 200 g/mol. The minimum absolute atomic E-state index is 0.820. The van der Waals surface area contributed by atoms with Crippen LogP contribution in [0.2, 0.25) is 0 Å². The van der Waals surface area contributed by atoms with E-state index in [2.05, 4.69) is 23.3 Å². The van der Waals surface area contributed by atoms with E-state index in [4.69, 9.17) is 4.74 Å². The molecule has 3 nitrogen and oxygen atoms in total. The van der Waals surface area contributed by atoms with Crippen LogP contribution in [0.5, 0.6) is 0 Å². The maximum Gasteiger partial charge on any atom is 0.0570 e. The topological polar surface area (TPSA) is 34.1 Å². The molecule has 90 valence electrons. The van der Waals surface area contributed by atoms with E-state index in [9.17, 15) is 0 Å². The number of hydrogen-bond donors (Lipinski definition) is 1. The van der Waals surface area contributed by atoms with Gasteiger partial charge in [-0.15, -0.1) is 0 Å². The molecule has 1 aromatic heterocycles. The van der Waals surface area contributed by atoms with Gasteiger partial charge in [0.1, 0.15) is 0 Å². The first kappa shape index (κ1) is 13.1. The summed E-state index contributed by atoms with van der Waals surface area (Å²) in [7, 11) is 0. The van der Waals surface area contributed by atoms with E-state index in [0.29, 0.717) is 0 Å². The number of rotatable bonds is 8. The molecule has 0 spiro atoms. The van der Waals surface area contributed by atoms with Crippen LogP contribution in [0.15, 0.2) is 18.3 Å². The lowest BCUT2D eigenvalue weighted by molar-refractivity contribution is 0.143. The van der Waals surface area contributed by atoms with Gasteiger partial charge in [0.05, 0.1) is 5.69 Å². The quantitative estimate of drug-likeness (QED) is 0.685. The summed E-state index contributed by atoms with van der Waals surface area (Å²) in [5.41, 5.74) is 2.40. The Balaban J connectivity index is 2.05. The molecule has 0 amide bonds. The van der Waals surface area contributed by atoms with Crippen LogP contribution in [0.3, 0.4) is 0 Å². The molecule has 1 heterocycles. The normalized spacial score (nSPS) is 10.6. The van der Waals surface area contributed by atoms with Gasteiger partial charge in [0.25, 0.3) is 0 Å². The highest BCUT2D eigenvalue weighted by atomic mass is 16.5. The predicted octanol–water partition coefficient (Wildman–Crippen LogP) is 2.30. The van der Waals surface area contributed by atoms with Crippen molar-refractivity contribution in [3.05, 3.63) is 29.6 Å². The van der Waals surface area contributed by atoms with Gasteiger partial charge in [-0.2, -0.15) is 0 Å². The van der Waals surface area contributed by atoms with Gasteiger partial charge in [0.2, 0.25) is 0 Å². The van der Waals surface area contributed by atoms with Crippen molar-refractivity contribution in [2.75, 3.05) is 19.8 Å². The first-order valence-electron chi connectivity index (χ1n) is 6.03. The van der Waals surface area contributed by atoms with Gasteiger partial charge in [-0.25, -0.2) is 0 Å². The van der Waals surface area contributed by atoms with Crippen molar-refractivity contribution >= 4 is 0 Å². The fraction of sp³-hybridized carbons (Fsp3) is 0.615. The van der Waals surface area contributed by atoms with E-state index in [1.54, 1.807) is 0 Å². The molecule has 0 bridgehead atoms. The first-order valence-corrected chi connectivity index (χ1v) is 6.03. The van der Waals surface area contributed by atoms with E-state index in [-0.39, 0.29) is 0 Å².